The Morgan fingerprint density at radius 3 is 2.13 bits per heavy atom. The Hall–Kier alpha value is 2.64. The zero-order chi connectivity index (χ0) is 10.2. The number of carbonyl (C=O) groups is 1. The first-order valence-corrected chi connectivity index (χ1v) is 5.39. The van der Waals surface area contributed by atoms with Crippen molar-refractivity contribution in [3.8, 4) is 0 Å². The molecular formula is C5HClK2O5S2. The molecule has 5 nitrogen and oxygen atoms in total. The van der Waals surface area contributed by atoms with E-state index < -0.39 is 25.9 Å². The second-order valence-corrected chi connectivity index (χ2v) is 5.25. The zero-order valence-corrected chi connectivity index (χ0v) is 16.4. The minimum absolute atomic E-state index is 0. The molecule has 0 aliphatic heterocycles. The Morgan fingerprint density at radius 1 is 1.40 bits per heavy atom. The van der Waals surface area contributed by atoms with Gasteiger partial charge in [0.25, 0.3) is 0 Å². The van der Waals surface area contributed by atoms with Crippen LogP contribution >= 0.6 is 22.9 Å². The van der Waals surface area contributed by atoms with Crippen molar-refractivity contribution in [2.24, 2.45) is 0 Å². The third kappa shape index (κ3) is 5.88. The summed E-state index contributed by atoms with van der Waals surface area (Å²) in [5, 5.41) is 10.3. The van der Waals surface area contributed by atoms with Crippen LogP contribution in [0.4, 0.5) is 0 Å². The smallest absolute Gasteiger partial charge is 0.743 e. The molecule has 0 atom stereocenters. The van der Waals surface area contributed by atoms with Crippen LogP contribution in [0.3, 0.4) is 0 Å². The van der Waals surface area contributed by atoms with Gasteiger partial charge in [0.1, 0.15) is 14.3 Å². The first-order chi connectivity index (χ1) is 5.82. The molecule has 0 aliphatic carbocycles. The van der Waals surface area contributed by atoms with Crippen molar-refractivity contribution in [3.05, 3.63) is 16.0 Å². The second kappa shape index (κ2) is 7.94. The maximum atomic E-state index is 10.5. The summed E-state index contributed by atoms with van der Waals surface area (Å²) in [6, 6.07) is 0.867. The molecule has 1 rings (SSSR count). The van der Waals surface area contributed by atoms with Gasteiger partial charge in [-0.05, 0) is 6.07 Å². The standard InChI is InChI=1S/C5H3ClO5S2.2K/c6-3-1-2(4(7)8)5(12-3)13(9,10)11;;/h1H,(H,7,8)(H,9,10,11);;/q;2*+1/p-2. The number of aromatic carboxylic acids is 1. The van der Waals surface area contributed by atoms with E-state index in [-0.39, 0.29) is 107 Å². The monoisotopic (exact) mass is 318 g/mol. The van der Waals surface area contributed by atoms with Crippen LogP contribution in [-0.4, -0.2) is 18.9 Å². The van der Waals surface area contributed by atoms with Crippen LogP contribution in [-0.2, 0) is 10.1 Å². The number of hydrogen-bond acceptors (Lipinski definition) is 6. The Bertz CT molecular complexity index is 454. The van der Waals surface area contributed by atoms with Crippen molar-refractivity contribution in [2.75, 3.05) is 0 Å². The van der Waals surface area contributed by atoms with Gasteiger partial charge in [0.05, 0.1) is 10.3 Å². The van der Waals surface area contributed by atoms with Crippen LogP contribution in [0.25, 0.3) is 0 Å². The van der Waals surface area contributed by atoms with Crippen LogP contribution in [0.1, 0.15) is 10.4 Å². The van der Waals surface area contributed by atoms with Crippen molar-refractivity contribution in [1.29, 1.82) is 0 Å². The number of carboxylic acids is 1. The zero-order valence-electron chi connectivity index (χ0n) is 7.81. The molecule has 0 unspecified atom stereocenters. The van der Waals surface area contributed by atoms with Crippen LogP contribution in [0.15, 0.2) is 10.3 Å². The molecule has 0 aliphatic rings. The fourth-order valence-electron chi connectivity index (χ4n) is 0.673. The van der Waals surface area contributed by atoms with Crippen LogP contribution in [0, 0.1) is 0 Å². The number of carbonyl (C=O) groups excluding carboxylic acids is 1. The SMILES string of the molecule is O=C([O-])c1cc(Cl)sc1S(=O)(=O)[O-].[K+].[K+]. The van der Waals surface area contributed by atoms with E-state index in [1.54, 1.807) is 0 Å². The molecule has 1 heterocycles. The molecule has 0 saturated carbocycles. The van der Waals surface area contributed by atoms with E-state index in [1.165, 1.54) is 0 Å². The van der Waals surface area contributed by atoms with Gasteiger partial charge in [-0.15, -0.1) is 11.3 Å². The molecule has 0 saturated heterocycles. The van der Waals surface area contributed by atoms with E-state index in [0.717, 1.165) is 6.07 Å². The van der Waals surface area contributed by atoms with E-state index in [1.807, 2.05) is 0 Å². The van der Waals surface area contributed by atoms with Gasteiger partial charge in [-0.3, -0.25) is 0 Å². The normalized spacial score (nSPS) is 10.0. The molecule has 1 aromatic rings. The molecular weight excluding hydrogens is 318 g/mol. The third-order valence-corrected chi connectivity index (χ3v) is 3.71. The van der Waals surface area contributed by atoms with Crippen molar-refractivity contribution in [2.45, 2.75) is 4.21 Å². The average molecular weight is 319 g/mol. The van der Waals surface area contributed by atoms with E-state index in [2.05, 4.69) is 0 Å². The largest absolute Gasteiger partial charge is 1.00 e. The fraction of sp³-hybridized carbons (Fsp3) is 0. The van der Waals surface area contributed by atoms with Gasteiger partial charge in [-0.25, -0.2) is 8.42 Å². The third-order valence-electron chi connectivity index (χ3n) is 1.11. The summed E-state index contributed by atoms with van der Waals surface area (Å²) < 4.78 is 30.5. The first kappa shape index (κ1) is 20.0. The van der Waals surface area contributed by atoms with Gasteiger partial charge in [0.15, 0.2) is 0 Å². The molecule has 10 heteroatoms. The van der Waals surface area contributed by atoms with E-state index in [9.17, 15) is 22.9 Å². The quantitative estimate of drug-likeness (QED) is 0.399. The number of halogens is 1. The number of carboxylic acid groups (broad SMARTS) is 1. The Balaban J connectivity index is 0. The summed E-state index contributed by atoms with van der Waals surface area (Å²) in [5.74, 6) is -1.74. The van der Waals surface area contributed by atoms with Crippen molar-refractivity contribution < 1.29 is 126 Å². The van der Waals surface area contributed by atoms with Crippen LogP contribution in [0.2, 0.25) is 4.34 Å². The Kier molecular flexibility index (Phi) is 10.6. The van der Waals surface area contributed by atoms with Crippen LogP contribution < -0.4 is 108 Å². The van der Waals surface area contributed by atoms with Crippen molar-refractivity contribution >= 4 is 39.0 Å². The minimum atomic E-state index is -4.79. The minimum Gasteiger partial charge on any atom is -0.743 e. The number of thiophene rings is 1. The van der Waals surface area contributed by atoms with Gasteiger partial charge < -0.3 is 14.5 Å². The van der Waals surface area contributed by atoms with E-state index in [0.29, 0.717) is 11.3 Å². The molecule has 15 heavy (non-hydrogen) atoms. The van der Waals surface area contributed by atoms with Crippen molar-refractivity contribution in [1.82, 2.24) is 0 Å². The van der Waals surface area contributed by atoms with Gasteiger partial charge >= 0.3 is 103 Å². The van der Waals surface area contributed by atoms with E-state index >= 15 is 0 Å². The summed E-state index contributed by atoms with van der Waals surface area (Å²) >= 11 is 5.73. The van der Waals surface area contributed by atoms with Crippen LogP contribution in [0.5, 0.6) is 0 Å². The average Bonchev–Trinajstić information content (AvgIpc) is 2.29. The maximum absolute atomic E-state index is 10.5. The molecule has 0 fully saturated rings. The first-order valence-electron chi connectivity index (χ1n) is 2.79. The molecule has 72 valence electrons. The molecule has 0 amide bonds. The van der Waals surface area contributed by atoms with Gasteiger partial charge in [-0.2, -0.15) is 0 Å². The maximum Gasteiger partial charge on any atom is 1.00 e. The number of hydrogen-bond donors (Lipinski definition) is 0. The molecule has 0 bridgehead atoms. The Morgan fingerprint density at radius 2 is 1.87 bits per heavy atom. The Labute approximate surface area is 180 Å². The van der Waals surface area contributed by atoms with Gasteiger partial charge in [0.2, 0.25) is 0 Å². The van der Waals surface area contributed by atoms with Gasteiger partial charge in [-0.1, -0.05) is 11.6 Å². The van der Waals surface area contributed by atoms with Crippen molar-refractivity contribution in [3.63, 3.8) is 0 Å². The second-order valence-electron chi connectivity index (χ2n) is 1.99. The fourth-order valence-corrected chi connectivity index (χ4v) is 2.85. The summed E-state index contributed by atoms with van der Waals surface area (Å²) in [5.41, 5.74) is -0.690. The molecule has 0 spiro atoms. The summed E-state index contributed by atoms with van der Waals surface area (Å²) in [6.07, 6.45) is 0. The summed E-state index contributed by atoms with van der Waals surface area (Å²) in [7, 11) is -4.79. The predicted molar refractivity (Wildman–Crippen MR) is 41.6 cm³/mol. The summed E-state index contributed by atoms with van der Waals surface area (Å²) in [6.45, 7) is 0. The topological polar surface area (TPSA) is 97.3 Å². The predicted octanol–water partition coefficient (Wildman–Crippen LogP) is -6.32. The molecule has 0 N–H and O–H groups in total. The summed E-state index contributed by atoms with van der Waals surface area (Å²) in [4.78, 5) is 10.3. The number of rotatable bonds is 2. The van der Waals surface area contributed by atoms with Gasteiger partial charge in [0, 0.05) is 5.56 Å². The molecule has 1 aromatic heterocycles. The van der Waals surface area contributed by atoms with E-state index in [4.69, 9.17) is 11.6 Å². The molecule has 0 aromatic carbocycles. The molecule has 0 radical (unpaired) electrons.